The Kier molecular flexibility index (Phi) is 4.02. The summed E-state index contributed by atoms with van der Waals surface area (Å²) in [5.41, 5.74) is 8.37. The molecule has 0 bridgehead atoms. The summed E-state index contributed by atoms with van der Waals surface area (Å²) < 4.78 is 1.92. The molecule has 1 aliphatic rings. The quantitative estimate of drug-likeness (QED) is 0.916. The fourth-order valence-corrected chi connectivity index (χ4v) is 3.64. The van der Waals surface area contributed by atoms with Crippen LogP contribution in [0.25, 0.3) is 0 Å². The number of rotatable bonds is 3. The van der Waals surface area contributed by atoms with Gasteiger partial charge in [-0.15, -0.1) is 0 Å². The number of aromatic nitrogens is 2. The van der Waals surface area contributed by atoms with Gasteiger partial charge in [0.05, 0.1) is 16.4 Å². The van der Waals surface area contributed by atoms with E-state index in [1.165, 1.54) is 25.7 Å². The number of halogens is 1. The molecule has 1 heterocycles. The van der Waals surface area contributed by atoms with Crippen molar-refractivity contribution in [2.75, 3.05) is 6.54 Å². The third-order valence-electron chi connectivity index (χ3n) is 4.42. The van der Waals surface area contributed by atoms with Gasteiger partial charge in [0.2, 0.25) is 0 Å². The van der Waals surface area contributed by atoms with E-state index in [1.54, 1.807) is 0 Å². The lowest BCUT2D eigenvalue weighted by Crippen LogP contribution is -2.37. The minimum Gasteiger partial charge on any atom is -0.330 e. The molecule has 3 nitrogen and oxygen atoms in total. The van der Waals surface area contributed by atoms with Gasteiger partial charge in [0.1, 0.15) is 0 Å². The zero-order valence-corrected chi connectivity index (χ0v) is 12.4. The van der Waals surface area contributed by atoms with E-state index in [-0.39, 0.29) is 5.41 Å². The molecular weight excluding hydrogens is 246 g/mol. The fraction of sp³-hybridized carbons (Fsp3) is 0.786. The Hall–Kier alpha value is -0.540. The van der Waals surface area contributed by atoms with Crippen LogP contribution in [0.3, 0.4) is 0 Å². The maximum atomic E-state index is 6.36. The van der Waals surface area contributed by atoms with Crippen LogP contribution in [0.5, 0.6) is 0 Å². The summed E-state index contributed by atoms with van der Waals surface area (Å²) in [6, 6.07) is 0. The van der Waals surface area contributed by atoms with Crippen molar-refractivity contribution in [1.82, 2.24) is 9.78 Å². The van der Waals surface area contributed by atoms with Gasteiger partial charge in [-0.3, -0.25) is 4.68 Å². The molecule has 0 saturated heterocycles. The molecule has 1 saturated carbocycles. The molecule has 18 heavy (non-hydrogen) atoms. The van der Waals surface area contributed by atoms with E-state index in [0.29, 0.717) is 0 Å². The lowest BCUT2D eigenvalue weighted by atomic mass is 9.67. The first-order chi connectivity index (χ1) is 8.47. The van der Waals surface area contributed by atoms with Gasteiger partial charge in [-0.2, -0.15) is 5.10 Å². The van der Waals surface area contributed by atoms with Crippen molar-refractivity contribution >= 4 is 11.6 Å². The highest BCUT2D eigenvalue weighted by Crippen LogP contribution is 2.42. The first-order valence-corrected chi connectivity index (χ1v) is 7.23. The average Bonchev–Trinajstić information content (AvgIpc) is 2.56. The molecule has 0 radical (unpaired) electrons. The average molecular weight is 270 g/mol. The van der Waals surface area contributed by atoms with Crippen molar-refractivity contribution in [3.63, 3.8) is 0 Å². The van der Waals surface area contributed by atoms with Crippen molar-refractivity contribution in [2.24, 2.45) is 24.1 Å². The summed E-state index contributed by atoms with van der Waals surface area (Å²) in [4.78, 5) is 0. The molecule has 1 aliphatic carbocycles. The number of nitrogens with zero attached hydrogens (tertiary/aromatic N) is 2. The van der Waals surface area contributed by atoms with Crippen LogP contribution in [-0.4, -0.2) is 16.3 Å². The summed E-state index contributed by atoms with van der Waals surface area (Å²) >= 11 is 6.36. The third kappa shape index (κ3) is 2.57. The van der Waals surface area contributed by atoms with Crippen molar-refractivity contribution in [1.29, 1.82) is 0 Å². The molecule has 102 valence electrons. The Labute approximate surface area is 115 Å². The maximum absolute atomic E-state index is 6.36. The first-order valence-electron chi connectivity index (χ1n) is 6.85. The normalized spacial score (nSPS) is 28.6. The molecule has 2 N–H and O–H groups in total. The number of hydrogen-bond donors (Lipinski definition) is 1. The van der Waals surface area contributed by atoms with Crippen molar-refractivity contribution in [3.8, 4) is 0 Å². The highest BCUT2D eigenvalue weighted by molar-refractivity contribution is 6.31. The summed E-state index contributed by atoms with van der Waals surface area (Å²) in [6.07, 6.45) is 6.01. The summed E-state index contributed by atoms with van der Waals surface area (Å²) in [7, 11) is 1.98. The third-order valence-corrected chi connectivity index (χ3v) is 4.91. The van der Waals surface area contributed by atoms with Crippen LogP contribution in [0.15, 0.2) is 0 Å². The van der Waals surface area contributed by atoms with Crippen LogP contribution in [-0.2, 0) is 13.5 Å². The van der Waals surface area contributed by atoms with Crippen molar-refractivity contribution in [2.45, 2.75) is 46.0 Å². The standard InChI is InChI=1S/C14H24ClN3/c1-10-5-4-6-14(7-10,9-16)8-12-13(15)11(2)17-18(12)3/h10H,4-9,16H2,1-3H3. The topological polar surface area (TPSA) is 43.8 Å². The summed E-state index contributed by atoms with van der Waals surface area (Å²) in [6.45, 7) is 5.04. The molecule has 4 heteroatoms. The molecule has 1 fully saturated rings. The first kappa shape index (κ1) is 13.9. The molecule has 0 aromatic carbocycles. The second-order valence-corrected chi connectivity index (χ2v) is 6.43. The Morgan fingerprint density at radius 2 is 2.28 bits per heavy atom. The SMILES string of the molecule is Cc1nn(C)c(CC2(CN)CCCC(C)C2)c1Cl. The minimum absolute atomic E-state index is 0.224. The molecule has 2 rings (SSSR count). The summed E-state index contributed by atoms with van der Waals surface area (Å²) in [5, 5.41) is 5.23. The Bertz CT molecular complexity index is 427. The highest BCUT2D eigenvalue weighted by Gasteiger charge is 2.35. The fourth-order valence-electron chi connectivity index (χ4n) is 3.41. The minimum atomic E-state index is 0.224. The zero-order valence-electron chi connectivity index (χ0n) is 11.7. The second-order valence-electron chi connectivity index (χ2n) is 6.05. The monoisotopic (exact) mass is 269 g/mol. The van der Waals surface area contributed by atoms with Gasteiger partial charge >= 0.3 is 0 Å². The van der Waals surface area contributed by atoms with E-state index < -0.39 is 0 Å². The number of nitrogens with two attached hydrogens (primary N) is 1. The molecule has 1 aromatic rings. The maximum Gasteiger partial charge on any atom is 0.0847 e. The largest absolute Gasteiger partial charge is 0.330 e. The van der Waals surface area contributed by atoms with E-state index in [1.807, 2.05) is 18.7 Å². The Balaban J connectivity index is 2.24. The van der Waals surface area contributed by atoms with E-state index in [2.05, 4.69) is 12.0 Å². The van der Waals surface area contributed by atoms with Gasteiger partial charge in [0, 0.05) is 7.05 Å². The zero-order chi connectivity index (χ0) is 13.3. The Morgan fingerprint density at radius 1 is 1.56 bits per heavy atom. The van der Waals surface area contributed by atoms with Crippen LogP contribution >= 0.6 is 11.6 Å². The van der Waals surface area contributed by atoms with Crippen LogP contribution in [0.4, 0.5) is 0 Å². The van der Waals surface area contributed by atoms with Crippen LogP contribution in [0.2, 0.25) is 5.02 Å². The van der Waals surface area contributed by atoms with Crippen LogP contribution in [0.1, 0.15) is 44.0 Å². The lowest BCUT2D eigenvalue weighted by molar-refractivity contribution is 0.151. The molecule has 2 unspecified atom stereocenters. The van der Waals surface area contributed by atoms with E-state index >= 15 is 0 Å². The predicted octanol–water partition coefficient (Wildman–Crippen LogP) is 3.08. The van der Waals surface area contributed by atoms with Crippen molar-refractivity contribution in [3.05, 3.63) is 16.4 Å². The predicted molar refractivity (Wildman–Crippen MR) is 75.8 cm³/mol. The molecule has 0 aliphatic heterocycles. The number of aryl methyl sites for hydroxylation is 2. The van der Waals surface area contributed by atoms with Gasteiger partial charge in [-0.1, -0.05) is 31.4 Å². The van der Waals surface area contributed by atoms with E-state index in [0.717, 1.165) is 35.3 Å². The van der Waals surface area contributed by atoms with Gasteiger partial charge in [0.15, 0.2) is 0 Å². The lowest BCUT2D eigenvalue weighted by Gasteiger charge is -2.39. The molecule has 0 spiro atoms. The van der Waals surface area contributed by atoms with Gasteiger partial charge in [-0.05, 0) is 44.1 Å². The molecule has 2 atom stereocenters. The van der Waals surface area contributed by atoms with Gasteiger partial charge in [0.25, 0.3) is 0 Å². The molecule has 0 amide bonds. The smallest absolute Gasteiger partial charge is 0.0847 e. The Morgan fingerprint density at radius 3 is 2.78 bits per heavy atom. The van der Waals surface area contributed by atoms with Gasteiger partial charge in [-0.25, -0.2) is 0 Å². The molecular formula is C14H24ClN3. The summed E-state index contributed by atoms with van der Waals surface area (Å²) in [5.74, 6) is 0.774. The highest BCUT2D eigenvalue weighted by atomic mass is 35.5. The van der Waals surface area contributed by atoms with E-state index in [9.17, 15) is 0 Å². The molecule has 1 aromatic heterocycles. The van der Waals surface area contributed by atoms with Crippen LogP contribution < -0.4 is 5.73 Å². The van der Waals surface area contributed by atoms with Crippen LogP contribution in [0, 0.1) is 18.3 Å². The second kappa shape index (κ2) is 5.22. The van der Waals surface area contributed by atoms with E-state index in [4.69, 9.17) is 17.3 Å². The van der Waals surface area contributed by atoms with Crippen molar-refractivity contribution < 1.29 is 0 Å². The number of hydrogen-bond acceptors (Lipinski definition) is 2. The van der Waals surface area contributed by atoms with Gasteiger partial charge < -0.3 is 5.73 Å².